The van der Waals surface area contributed by atoms with Gasteiger partial charge in [0.05, 0.1) is 0 Å². The van der Waals surface area contributed by atoms with Crippen LogP contribution in [0, 0.1) is 5.41 Å². The van der Waals surface area contributed by atoms with Crippen molar-refractivity contribution in [3.63, 3.8) is 0 Å². The molecule has 0 aromatic carbocycles. The molecule has 0 amide bonds. The molecule has 3 saturated carbocycles. The van der Waals surface area contributed by atoms with Crippen LogP contribution in [0.3, 0.4) is 0 Å². The fourth-order valence-electron chi connectivity index (χ4n) is 4.14. The lowest BCUT2D eigenvalue weighted by molar-refractivity contribution is -0.141. The molecule has 3 aliphatic rings. The molecule has 2 aromatic rings. The van der Waals surface area contributed by atoms with E-state index in [1.807, 2.05) is 0 Å². The highest BCUT2D eigenvalue weighted by Gasteiger charge is 2.51. The van der Waals surface area contributed by atoms with Gasteiger partial charge in [0, 0.05) is 17.2 Å². The van der Waals surface area contributed by atoms with Crippen molar-refractivity contribution in [2.45, 2.75) is 50.1 Å². The van der Waals surface area contributed by atoms with E-state index in [-0.39, 0.29) is 16.7 Å². The summed E-state index contributed by atoms with van der Waals surface area (Å²) < 4.78 is 43.3. The molecule has 2 bridgehead atoms. The van der Waals surface area contributed by atoms with Crippen molar-refractivity contribution in [1.29, 1.82) is 0 Å². The molecule has 5 nitrogen and oxygen atoms in total. The topological polar surface area (TPSA) is 77.8 Å². The van der Waals surface area contributed by atoms with E-state index in [2.05, 4.69) is 15.1 Å². The van der Waals surface area contributed by atoms with Gasteiger partial charge in [-0.2, -0.15) is 18.2 Å². The lowest BCUT2D eigenvalue weighted by Gasteiger charge is -2.51. The van der Waals surface area contributed by atoms with Gasteiger partial charge >= 0.3 is 6.18 Å². The maximum Gasteiger partial charge on any atom is 0.433 e. The predicted octanol–water partition coefficient (Wildman–Crippen LogP) is 3.70. The Morgan fingerprint density at radius 1 is 1.08 bits per heavy atom. The van der Waals surface area contributed by atoms with Crippen LogP contribution in [0.25, 0.3) is 11.4 Å². The molecule has 0 saturated heterocycles. The van der Waals surface area contributed by atoms with Gasteiger partial charge in [-0.25, -0.2) is 0 Å². The quantitative estimate of drug-likeness (QED) is 0.911. The highest BCUT2D eigenvalue weighted by molar-refractivity contribution is 5.52. The molecule has 5 rings (SSSR count). The average Bonchev–Trinajstić information content (AvgIpc) is 3.14. The van der Waals surface area contributed by atoms with E-state index < -0.39 is 11.9 Å². The number of halogens is 3. The first kappa shape index (κ1) is 16.5. The summed E-state index contributed by atoms with van der Waals surface area (Å²) >= 11 is 0. The Morgan fingerprint density at radius 3 is 2.28 bits per heavy atom. The Balaban J connectivity index is 1.57. The van der Waals surface area contributed by atoms with Gasteiger partial charge in [-0.1, -0.05) is 5.16 Å². The number of nitrogens with two attached hydrogens (primary N) is 1. The van der Waals surface area contributed by atoms with Gasteiger partial charge in [0.1, 0.15) is 5.69 Å². The fraction of sp³-hybridized carbons (Fsp3) is 0.588. The molecule has 3 fully saturated rings. The Kier molecular flexibility index (Phi) is 3.64. The summed E-state index contributed by atoms with van der Waals surface area (Å²) in [7, 11) is 0. The number of aromatic nitrogens is 3. The van der Waals surface area contributed by atoms with Crippen molar-refractivity contribution in [2.24, 2.45) is 11.1 Å². The van der Waals surface area contributed by atoms with E-state index in [1.165, 1.54) is 6.07 Å². The number of fused-ring (bicyclic) bond motifs is 3. The molecular formula is C17H19F3N4O. The molecule has 0 atom stereocenters. The third-order valence-corrected chi connectivity index (χ3v) is 6.03. The first-order valence-corrected chi connectivity index (χ1v) is 8.44. The summed E-state index contributed by atoms with van der Waals surface area (Å²) in [4.78, 5) is 7.93. The molecule has 0 aliphatic heterocycles. The summed E-state index contributed by atoms with van der Waals surface area (Å²) in [5.41, 5.74) is 5.58. The van der Waals surface area contributed by atoms with Crippen LogP contribution in [0.4, 0.5) is 13.2 Å². The lowest BCUT2D eigenvalue weighted by Crippen LogP contribution is -2.47. The third-order valence-electron chi connectivity index (χ3n) is 6.03. The summed E-state index contributed by atoms with van der Waals surface area (Å²) in [6.07, 6.45) is 2.76. The molecule has 134 valence electrons. The Labute approximate surface area is 142 Å². The number of rotatable bonds is 3. The number of hydrogen-bond donors (Lipinski definition) is 1. The number of hydrogen-bond acceptors (Lipinski definition) is 5. The van der Waals surface area contributed by atoms with Gasteiger partial charge in [-0.15, -0.1) is 0 Å². The van der Waals surface area contributed by atoms with E-state index in [0.29, 0.717) is 11.5 Å². The number of pyridine rings is 1. The largest absolute Gasteiger partial charge is 0.433 e. The highest BCUT2D eigenvalue weighted by atomic mass is 19.4. The molecule has 0 spiro atoms. The van der Waals surface area contributed by atoms with Gasteiger partial charge in [0.2, 0.25) is 11.7 Å². The highest BCUT2D eigenvalue weighted by Crippen LogP contribution is 2.57. The molecule has 8 heteroatoms. The third kappa shape index (κ3) is 2.72. The van der Waals surface area contributed by atoms with E-state index in [0.717, 1.165) is 57.3 Å². The van der Waals surface area contributed by atoms with E-state index in [9.17, 15) is 13.2 Å². The molecule has 2 heterocycles. The Morgan fingerprint density at radius 2 is 1.76 bits per heavy atom. The van der Waals surface area contributed by atoms with Crippen LogP contribution in [0.5, 0.6) is 0 Å². The molecule has 0 radical (unpaired) electrons. The summed E-state index contributed by atoms with van der Waals surface area (Å²) in [6, 6.07) is 2.25. The van der Waals surface area contributed by atoms with Crippen LogP contribution in [0.15, 0.2) is 22.9 Å². The molecule has 0 unspecified atom stereocenters. The van der Waals surface area contributed by atoms with Gasteiger partial charge in [0.25, 0.3) is 0 Å². The van der Waals surface area contributed by atoms with Crippen molar-refractivity contribution in [2.75, 3.05) is 6.54 Å². The van der Waals surface area contributed by atoms with Gasteiger partial charge in [0.15, 0.2) is 0 Å². The maximum atomic E-state index is 12.6. The zero-order chi connectivity index (χ0) is 17.7. The Bertz CT molecular complexity index is 744. The van der Waals surface area contributed by atoms with Crippen LogP contribution in [-0.2, 0) is 11.6 Å². The van der Waals surface area contributed by atoms with Crippen LogP contribution in [0.1, 0.15) is 50.1 Å². The molecular weight excluding hydrogens is 333 g/mol. The minimum Gasteiger partial charge on any atom is -0.338 e. The van der Waals surface area contributed by atoms with Gasteiger partial charge in [-0.3, -0.25) is 4.98 Å². The molecule has 2 aromatic heterocycles. The van der Waals surface area contributed by atoms with E-state index >= 15 is 0 Å². The lowest BCUT2D eigenvalue weighted by atomic mass is 9.53. The monoisotopic (exact) mass is 352 g/mol. The first-order valence-electron chi connectivity index (χ1n) is 8.44. The average molecular weight is 352 g/mol. The maximum absolute atomic E-state index is 12.6. The van der Waals surface area contributed by atoms with Crippen LogP contribution in [-0.4, -0.2) is 21.7 Å². The second-order valence-corrected chi connectivity index (χ2v) is 7.34. The van der Waals surface area contributed by atoms with E-state index in [4.69, 9.17) is 10.3 Å². The van der Waals surface area contributed by atoms with Crippen molar-refractivity contribution in [3.05, 3.63) is 29.9 Å². The van der Waals surface area contributed by atoms with E-state index in [1.54, 1.807) is 0 Å². The normalized spacial score (nSPS) is 29.1. The smallest absolute Gasteiger partial charge is 0.338 e. The standard InChI is InChI=1S/C17H19F3N4O/c18-17(19,20)12-2-1-11(9-22-12)13-23-14(25-24-13)16-6-3-15(10-21,4-7-16)5-8-16/h1-2,9H,3-8,10,21H2. The van der Waals surface area contributed by atoms with Gasteiger partial charge in [-0.05, 0) is 62.6 Å². The SMILES string of the molecule is NCC12CCC(c3nc(-c4ccc(C(F)(F)F)nc4)no3)(CC1)CC2. The van der Waals surface area contributed by atoms with Crippen molar-refractivity contribution in [1.82, 2.24) is 15.1 Å². The minimum atomic E-state index is -4.46. The zero-order valence-electron chi connectivity index (χ0n) is 13.6. The van der Waals surface area contributed by atoms with Crippen molar-refractivity contribution in [3.8, 4) is 11.4 Å². The summed E-state index contributed by atoms with van der Waals surface area (Å²) in [5, 5.41) is 3.97. The molecule has 2 N–H and O–H groups in total. The van der Waals surface area contributed by atoms with Crippen molar-refractivity contribution >= 4 is 0 Å². The van der Waals surface area contributed by atoms with Crippen LogP contribution < -0.4 is 5.73 Å². The fourth-order valence-corrected chi connectivity index (χ4v) is 4.14. The second kappa shape index (κ2) is 5.52. The predicted molar refractivity (Wildman–Crippen MR) is 83.4 cm³/mol. The van der Waals surface area contributed by atoms with Crippen LogP contribution >= 0.6 is 0 Å². The summed E-state index contributed by atoms with van der Waals surface area (Å²) in [6.45, 7) is 0.718. The molecule has 3 aliphatic carbocycles. The summed E-state index contributed by atoms with van der Waals surface area (Å²) in [5.74, 6) is 0.875. The van der Waals surface area contributed by atoms with Crippen LogP contribution in [0.2, 0.25) is 0 Å². The van der Waals surface area contributed by atoms with Gasteiger partial charge < -0.3 is 10.3 Å². The molecule has 25 heavy (non-hydrogen) atoms. The number of nitrogens with zero attached hydrogens (tertiary/aromatic N) is 3. The second-order valence-electron chi connectivity index (χ2n) is 7.34. The first-order chi connectivity index (χ1) is 11.9. The number of alkyl halides is 3. The van der Waals surface area contributed by atoms with Crippen molar-refractivity contribution < 1.29 is 17.7 Å². The Hall–Kier alpha value is -1.96. The zero-order valence-corrected chi connectivity index (χ0v) is 13.6. The minimum absolute atomic E-state index is 0.110.